The molecule has 1 aromatic rings. The van der Waals surface area contributed by atoms with Crippen molar-refractivity contribution in [3.8, 4) is 0 Å². The SMILES string of the molecule is C[n+]1ccc(NC(=O)CBr)cc1. The van der Waals surface area contributed by atoms with E-state index in [4.69, 9.17) is 0 Å². The van der Waals surface area contributed by atoms with E-state index in [1.165, 1.54) is 0 Å². The molecule has 0 saturated heterocycles. The molecule has 4 heteroatoms. The van der Waals surface area contributed by atoms with E-state index in [2.05, 4.69) is 21.2 Å². The Hall–Kier alpha value is -0.900. The highest BCUT2D eigenvalue weighted by Crippen LogP contribution is 2.02. The van der Waals surface area contributed by atoms with Crippen molar-refractivity contribution in [3.05, 3.63) is 24.5 Å². The smallest absolute Gasteiger partial charge is 0.235 e. The number of anilines is 1. The van der Waals surface area contributed by atoms with Crippen LogP contribution in [0.3, 0.4) is 0 Å². The number of hydrogen-bond donors (Lipinski definition) is 1. The Kier molecular flexibility index (Phi) is 3.22. The molecule has 0 spiro atoms. The van der Waals surface area contributed by atoms with Gasteiger partial charge < -0.3 is 5.32 Å². The van der Waals surface area contributed by atoms with Gasteiger partial charge in [-0.15, -0.1) is 0 Å². The van der Waals surface area contributed by atoms with E-state index in [-0.39, 0.29) is 5.91 Å². The summed E-state index contributed by atoms with van der Waals surface area (Å²) in [6, 6.07) is 3.70. The van der Waals surface area contributed by atoms with Crippen LogP contribution in [0.4, 0.5) is 5.69 Å². The lowest BCUT2D eigenvalue weighted by molar-refractivity contribution is -0.671. The average molecular weight is 230 g/mol. The molecule has 1 rings (SSSR count). The Labute approximate surface area is 79.5 Å². The Morgan fingerprint density at radius 1 is 1.58 bits per heavy atom. The maximum atomic E-state index is 10.9. The third-order valence-corrected chi connectivity index (χ3v) is 1.89. The summed E-state index contributed by atoms with van der Waals surface area (Å²) in [6.07, 6.45) is 3.76. The molecule has 0 aliphatic heterocycles. The van der Waals surface area contributed by atoms with Gasteiger partial charge in [-0.2, -0.15) is 0 Å². The summed E-state index contributed by atoms with van der Waals surface area (Å²) in [5.74, 6) is -0.0381. The van der Waals surface area contributed by atoms with Gasteiger partial charge in [-0.05, 0) is 0 Å². The van der Waals surface area contributed by atoms with Crippen molar-refractivity contribution in [2.24, 2.45) is 7.05 Å². The van der Waals surface area contributed by atoms with Gasteiger partial charge in [-0.3, -0.25) is 4.79 Å². The van der Waals surface area contributed by atoms with Crippen LogP contribution in [0.5, 0.6) is 0 Å². The summed E-state index contributed by atoms with van der Waals surface area (Å²) < 4.78 is 1.91. The molecular formula is C8H10BrN2O+. The number of carbonyl (C=O) groups excluding carboxylic acids is 1. The van der Waals surface area contributed by atoms with Crippen LogP contribution in [-0.2, 0) is 11.8 Å². The molecule has 0 aliphatic carbocycles. The van der Waals surface area contributed by atoms with Gasteiger partial charge in [-0.1, -0.05) is 15.9 Å². The van der Waals surface area contributed by atoms with Crippen LogP contribution < -0.4 is 9.88 Å². The van der Waals surface area contributed by atoms with Gasteiger partial charge in [0.15, 0.2) is 12.4 Å². The van der Waals surface area contributed by atoms with E-state index in [0.717, 1.165) is 5.69 Å². The first-order valence-corrected chi connectivity index (χ1v) is 4.65. The van der Waals surface area contributed by atoms with Crippen LogP contribution in [0.15, 0.2) is 24.5 Å². The molecule has 0 aromatic carbocycles. The maximum absolute atomic E-state index is 10.9. The second-order valence-corrected chi connectivity index (χ2v) is 2.99. The number of rotatable bonds is 2. The van der Waals surface area contributed by atoms with Crippen LogP contribution in [0, 0.1) is 0 Å². The predicted octanol–water partition coefficient (Wildman–Crippen LogP) is 0.844. The van der Waals surface area contributed by atoms with Crippen molar-refractivity contribution in [2.75, 3.05) is 10.6 Å². The van der Waals surface area contributed by atoms with E-state index >= 15 is 0 Å². The normalized spacial score (nSPS) is 9.50. The number of nitrogens with zero attached hydrogens (tertiary/aromatic N) is 1. The van der Waals surface area contributed by atoms with Crippen LogP contribution in [0.1, 0.15) is 0 Å². The first-order valence-electron chi connectivity index (χ1n) is 3.53. The highest BCUT2D eigenvalue weighted by atomic mass is 79.9. The minimum absolute atomic E-state index is 0.0381. The first kappa shape index (κ1) is 9.19. The molecular weight excluding hydrogens is 220 g/mol. The number of amides is 1. The highest BCUT2D eigenvalue weighted by molar-refractivity contribution is 9.09. The minimum atomic E-state index is -0.0381. The molecule has 0 radical (unpaired) electrons. The first-order chi connectivity index (χ1) is 5.72. The maximum Gasteiger partial charge on any atom is 0.235 e. The molecule has 0 aliphatic rings. The lowest BCUT2D eigenvalue weighted by Crippen LogP contribution is -2.26. The van der Waals surface area contributed by atoms with E-state index in [9.17, 15) is 4.79 Å². The van der Waals surface area contributed by atoms with E-state index in [1.54, 1.807) is 0 Å². The molecule has 0 fully saturated rings. The van der Waals surface area contributed by atoms with Gasteiger partial charge in [0, 0.05) is 12.1 Å². The van der Waals surface area contributed by atoms with E-state index in [1.807, 2.05) is 36.1 Å². The zero-order valence-electron chi connectivity index (χ0n) is 6.75. The summed E-state index contributed by atoms with van der Waals surface area (Å²) in [5, 5.41) is 3.05. The van der Waals surface area contributed by atoms with Gasteiger partial charge >= 0.3 is 0 Å². The van der Waals surface area contributed by atoms with Crippen LogP contribution in [0.25, 0.3) is 0 Å². The van der Waals surface area contributed by atoms with Crippen molar-refractivity contribution >= 4 is 27.5 Å². The zero-order chi connectivity index (χ0) is 8.97. The fraction of sp³-hybridized carbons (Fsp3) is 0.250. The third-order valence-electron chi connectivity index (χ3n) is 1.38. The van der Waals surface area contributed by atoms with Crippen LogP contribution in [0.2, 0.25) is 0 Å². The number of pyridine rings is 1. The number of aromatic nitrogens is 1. The molecule has 0 unspecified atom stereocenters. The number of halogens is 1. The quantitative estimate of drug-likeness (QED) is 0.592. The van der Waals surface area contributed by atoms with Crippen molar-refractivity contribution in [1.29, 1.82) is 0 Å². The molecule has 1 heterocycles. The van der Waals surface area contributed by atoms with Crippen molar-refractivity contribution in [1.82, 2.24) is 0 Å². The summed E-state index contributed by atoms with van der Waals surface area (Å²) in [4.78, 5) is 10.9. The fourth-order valence-corrected chi connectivity index (χ4v) is 0.919. The number of hydrogen-bond acceptors (Lipinski definition) is 1. The second-order valence-electron chi connectivity index (χ2n) is 2.43. The molecule has 1 aromatic heterocycles. The fourth-order valence-electron chi connectivity index (χ4n) is 0.779. The monoisotopic (exact) mass is 229 g/mol. The molecule has 3 nitrogen and oxygen atoms in total. The molecule has 64 valence electrons. The van der Waals surface area contributed by atoms with Gasteiger partial charge in [0.2, 0.25) is 5.91 Å². The van der Waals surface area contributed by atoms with Crippen LogP contribution in [-0.4, -0.2) is 11.2 Å². The average Bonchev–Trinajstić information content (AvgIpc) is 2.09. The summed E-state index contributed by atoms with van der Waals surface area (Å²) >= 11 is 3.07. The molecule has 1 N–H and O–H groups in total. The van der Waals surface area contributed by atoms with Crippen LogP contribution >= 0.6 is 15.9 Å². The highest BCUT2D eigenvalue weighted by Gasteiger charge is 1.99. The zero-order valence-corrected chi connectivity index (χ0v) is 8.34. The Morgan fingerprint density at radius 2 is 2.17 bits per heavy atom. The van der Waals surface area contributed by atoms with Crippen molar-refractivity contribution in [3.63, 3.8) is 0 Å². The van der Waals surface area contributed by atoms with Gasteiger partial charge in [0.1, 0.15) is 7.05 Å². The largest absolute Gasteiger partial charge is 0.325 e. The molecule has 0 atom stereocenters. The third kappa shape index (κ3) is 2.62. The number of aryl methyl sites for hydroxylation is 1. The number of carbonyl (C=O) groups is 1. The molecule has 1 amide bonds. The summed E-state index contributed by atoms with van der Waals surface area (Å²) in [5.41, 5.74) is 0.817. The predicted molar refractivity (Wildman–Crippen MR) is 50.0 cm³/mol. The Morgan fingerprint density at radius 3 is 2.67 bits per heavy atom. The van der Waals surface area contributed by atoms with Gasteiger partial charge in [-0.25, -0.2) is 4.57 Å². The lowest BCUT2D eigenvalue weighted by atomic mass is 10.4. The number of nitrogens with one attached hydrogen (secondary N) is 1. The summed E-state index contributed by atoms with van der Waals surface area (Å²) in [7, 11) is 1.93. The Balaban J connectivity index is 2.64. The minimum Gasteiger partial charge on any atom is -0.325 e. The number of alkyl halides is 1. The van der Waals surface area contributed by atoms with E-state index in [0.29, 0.717) is 5.33 Å². The molecule has 12 heavy (non-hydrogen) atoms. The van der Waals surface area contributed by atoms with Crippen molar-refractivity contribution < 1.29 is 9.36 Å². The topological polar surface area (TPSA) is 33.0 Å². The molecule has 0 bridgehead atoms. The summed E-state index contributed by atoms with van der Waals surface area (Å²) in [6.45, 7) is 0. The van der Waals surface area contributed by atoms with Gasteiger partial charge in [0.25, 0.3) is 0 Å². The lowest BCUT2D eigenvalue weighted by Gasteiger charge is -1.99. The standard InChI is InChI=1S/C8H9BrN2O/c1-11-4-2-7(3-5-11)10-8(12)6-9/h2-5H,6H2,1H3/p+1. The Bertz CT molecular complexity index is 271. The van der Waals surface area contributed by atoms with E-state index < -0.39 is 0 Å². The second kappa shape index (κ2) is 4.21. The molecule has 0 saturated carbocycles. The van der Waals surface area contributed by atoms with Gasteiger partial charge in [0.05, 0.1) is 11.0 Å². The van der Waals surface area contributed by atoms with Crippen molar-refractivity contribution in [2.45, 2.75) is 0 Å².